The Kier molecular flexibility index (Phi) is 8.36. The Labute approximate surface area is 163 Å². The Morgan fingerprint density at radius 2 is 2.04 bits per heavy atom. The maximum atomic E-state index is 12.3. The fourth-order valence-electron chi connectivity index (χ4n) is 3.11. The highest BCUT2D eigenvalue weighted by molar-refractivity contribution is 5.93. The molecule has 10 nitrogen and oxygen atoms in total. The van der Waals surface area contributed by atoms with Crippen molar-refractivity contribution in [3.05, 3.63) is 32.6 Å². The van der Waals surface area contributed by atoms with Crippen molar-refractivity contribution in [3.8, 4) is 0 Å². The lowest BCUT2D eigenvalue weighted by Crippen LogP contribution is -2.38. The Morgan fingerprint density at radius 3 is 2.68 bits per heavy atom. The highest BCUT2D eigenvalue weighted by Gasteiger charge is 2.35. The van der Waals surface area contributed by atoms with Crippen molar-refractivity contribution in [1.29, 1.82) is 0 Å². The van der Waals surface area contributed by atoms with E-state index < -0.39 is 42.2 Å². The van der Waals surface area contributed by atoms with Gasteiger partial charge < -0.3 is 25.2 Å². The van der Waals surface area contributed by atoms with Crippen LogP contribution >= 0.6 is 0 Å². The molecule has 158 valence electrons. The third kappa shape index (κ3) is 5.99. The van der Waals surface area contributed by atoms with Crippen LogP contribution in [-0.4, -0.2) is 76.6 Å². The number of amides is 1. The number of unbranched alkanes of at least 4 members (excludes halogenated alkanes) is 3. The van der Waals surface area contributed by atoms with E-state index in [9.17, 15) is 19.5 Å². The maximum Gasteiger partial charge on any atom is 0.330 e. The number of nitrogens with one attached hydrogen (secondary N) is 2. The van der Waals surface area contributed by atoms with Gasteiger partial charge in [-0.3, -0.25) is 19.1 Å². The lowest BCUT2D eigenvalue weighted by Gasteiger charge is -2.15. The second-order valence-electron chi connectivity index (χ2n) is 7.30. The molecule has 2 rings (SSSR count). The van der Waals surface area contributed by atoms with Gasteiger partial charge in [-0.25, -0.2) is 4.79 Å². The normalized spacial score (nSPS) is 22.0. The number of aromatic amines is 1. The van der Waals surface area contributed by atoms with Crippen LogP contribution in [0.15, 0.2) is 15.8 Å². The monoisotopic (exact) mass is 398 g/mol. The zero-order valence-electron chi connectivity index (χ0n) is 16.4. The molecule has 0 unspecified atom stereocenters. The maximum absolute atomic E-state index is 12.3. The number of rotatable bonds is 10. The zero-order valence-corrected chi connectivity index (χ0v) is 16.4. The largest absolute Gasteiger partial charge is 0.394 e. The van der Waals surface area contributed by atoms with Crippen molar-refractivity contribution >= 4 is 5.91 Å². The molecule has 1 fully saturated rings. The molecular formula is C18H30N4O6. The van der Waals surface area contributed by atoms with Gasteiger partial charge in [0.15, 0.2) is 0 Å². The van der Waals surface area contributed by atoms with E-state index in [2.05, 4.69) is 15.2 Å². The lowest BCUT2D eigenvalue weighted by atomic mass is 10.2. The number of carbonyl (C=O) groups is 1. The minimum Gasteiger partial charge on any atom is -0.394 e. The van der Waals surface area contributed by atoms with Gasteiger partial charge in [-0.2, -0.15) is 0 Å². The van der Waals surface area contributed by atoms with Crippen molar-refractivity contribution in [2.75, 3.05) is 33.8 Å². The third-order valence-electron chi connectivity index (χ3n) is 4.72. The molecule has 3 atom stereocenters. The second kappa shape index (κ2) is 10.5. The molecule has 0 saturated carbocycles. The van der Waals surface area contributed by atoms with Crippen LogP contribution in [0.2, 0.25) is 0 Å². The predicted octanol–water partition coefficient (Wildman–Crippen LogP) is -0.971. The van der Waals surface area contributed by atoms with Gasteiger partial charge in [0.05, 0.1) is 12.7 Å². The molecule has 10 heteroatoms. The Morgan fingerprint density at radius 1 is 1.32 bits per heavy atom. The van der Waals surface area contributed by atoms with Crippen molar-refractivity contribution < 1.29 is 19.7 Å². The van der Waals surface area contributed by atoms with Gasteiger partial charge >= 0.3 is 5.69 Å². The van der Waals surface area contributed by atoms with Crippen LogP contribution in [0.25, 0.3) is 0 Å². The fourth-order valence-corrected chi connectivity index (χ4v) is 3.11. The Balaban J connectivity index is 1.93. The summed E-state index contributed by atoms with van der Waals surface area (Å²) in [4.78, 5) is 40.6. The second-order valence-corrected chi connectivity index (χ2v) is 7.30. The van der Waals surface area contributed by atoms with Gasteiger partial charge in [0.1, 0.15) is 17.9 Å². The van der Waals surface area contributed by atoms with E-state index in [0.29, 0.717) is 6.54 Å². The van der Waals surface area contributed by atoms with Crippen LogP contribution < -0.4 is 16.6 Å². The first kappa shape index (κ1) is 22.3. The summed E-state index contributed by atoms with van der Waals surface area (Å²) in [6.45, 7) is 1.07. The smallest absolute Gasteiger partial charge is 0.330 e. The zero-order chi connectivity index (χ0) is 20.7. The van der Waals surface area contributed by atoms with Gasteiger partial charge in [0, 0.05) is 19.2 Å². The van der Waals surface area contributed by atoms with Gasteiger partial charge in [-0.1, -0.05) is 12.8 Å². The van der Waals surface area contributed by atoms with E-state index in [1.54, 1.807) is 0 Å². The molecule has 0 spiro atoms. The summed E-state index contributed by atoms with van der Waals surface area (Å²) >= 11 is 0. The number of aliphatic hydroxyl groups excluding tert-OH is 2. The van der Waals surface area contributed by atoms with Crippen molar-refractivity contribution in [3.63, 3.8) is 0 Å². The van der Waals surface area contributed by atoms with Crippen LogP contribution in [0, 0.1) is 0 Å². The first-order valence-corrected chi connectivity index (χ1v) is 9.56. The third-order valence-corrected chi connectivity index (χ3v) is 4.72. The molecular weight excluding hydrogens is 368 g/mol. The molecule has 1 aromatic rings. The SMILES string of the molecule is CN(C)CCCCCCNC(=O)c1cn([C@H]2C[C@H](O)[C@@H](CO)O2)c(=O)[nH]c1=O. The quantitative estimate of drug-likeness (QED) is 0.372. The first-order valence-electron chi connectivity index (χ1n) is 9.56. The molecule has 1 saturated heterocycles. The minimum absolute atomic E-state index is 0.0746. The number of hydrogen-bond acceptors (Lipinski definition) is 7. The van der Waals surface area contributed by atoms with Gasteiger partial charge in [0.25, 0.3) is 11.5 Å². The fraction of sp³-hybridized carbons (Fsp3) is 0.722. The van der Waals surface area contributed by atoms with Crippen molar-refractivity contribution in [2.24, 2.45) is 0 Å². The number of ether oxygens (including phenoxy) is 1. The molecule has 1 aliphatic heterocycles. The number of H-pyrrole nitrogens is 1. The number of hydrogen-bond donors (Lipinski definition) is 4. The summed E-state index contributed by atoms with van der Waals surface area (Å²) in [5.74, 6) is -0.569. The minimum atomic E-state index is -0.932. The van der Waals surface area contributed by atoms with Crippen LogP contribution in [-0.2, 0) is 4.74 Å². The molecule has 0 bridgehead atoms. The molecule has 1 aliphatic rings. The molecule has 1 aromatic heterocycles. The van der Waals surface area contributed by atoms with Crippen LogP contribution in [0.4, 0.5) is 0 Å². The van der Waals surface area contributed by atoms with E-state index in [4.69, 9.17) is 9.84 Å². The van der Waals surface area contributed by atoms with Crippen LogP contribution in [0.3, 0.4) is 0 Å². The van der Waals surface area contributed by atoms with Gasteiger partial charge in [-0.05, 0) is 33.5 Å². The van der Waals surface area contributed by atoms with E-state index >= 15 is 0 Å². The van der Waals surface area contributed by atoms with Gasteiger partial charge in [0.2, 0.25) is 0 Å². The van der Waals surface area contributed by atoms with Crippen molar-refractivity contribution in [1.82, 2.24) is 19.8 Å². The Bertz CT molecular complexity index is 759. The topological polar surface area (TPSA) is 137 Å². The van der Waals surface area contributed by atoms with Crippen LogP contribution in [0.1, 0.15) is 48.7 Å². The van der Waals surface area contributed by atoms with E-state index in [-0.39, 0.29) is 12.0 Å². The molecule has 28 heavy (non-hydrogen) atoms. The molecule has 0 aromatic carbocycles. The van der Waals surface area contributed by atoms with Crippen LogP contribution in [0.5, 0.6) is 0 Å². The number of nitrogens with zero attached hydrogens (tertiary/aromatic N) is 2. The summed E-state index contributed by atoms with van der Waals surface area (Å²) in [5, 5.41) is 21.7. The van der Waals surface area contributed by atoms with E-state index in [1.807, 2.05) is 14.1 Å². The molecule has 0 aliphatic carbocycles. The average molecular weight is 398 g/mol. The molecule has 1 amide bonds. The van der Waals surface area contributed by atoms with Crippen molar-refractivity contribution in [2.45, 2.75) is 50.5 Å². The molecule has 0 radical (unpaired) electrons. The molecule has 2 heterocycles. The average Bonchev–Trinajstić information content (AvgIpc) is 3.01. The standard InChI is InChI=1S/C18H30N4O6/c1-21(2)8-6-4-3-5-7-19-16(25)12-10-22(18(27)20-17(12)26)15-9-13(24)14(11-23)28-15/h10,13-15,23-24H,3-9,11H2,1-2H3,(H,19,25)(H,20,26,27)/t13-,14+,15+/m0/s1. The first-order chi connectivity index (χ1) is 13.3. The number of aromatic nitrogens is 2. The predicted molar refractivity (Wildman–Crippen MR) is 102 cm³/mol. The van der Waals surface area contributed by atoms with E-state index in [0.717, 1.165) is 43.0 Å². The summed E-state index contributed by atoms with van der Waals surface area (Å²) in [6.07, 6.45) is 2.54. The summed E-state index contributed by atoms with van der Waals surface area (Å²) < 4.78 is 6.49. The molecule has 4 N–H and O–H groups in total. The summed E-state index contributed by atoms with van der Waals surface area (Å²) in [5.41, 5.74) is -1.71. The van der Waals surface area contributed by atoms with Gasteiger partial charge in [-0.15, -0.1) is 0 Å². The Hall–Kier alpha value is -2.01. The summed E-state index contributed by atoms with van der Waals surface area (Å²) in [7, 11) is 4.05. The highest BCUT2D eigenvalue weighted by atomic mass is 16.5. The number of carbonyl (C=O) groups excluding carboxylic acids is 1. The number of aliphatic hydroxyl groups is 2. The van der Waals surface area contributed by atoms with E-state index in [1.165, 1.54) is 0 Å². The summed E-state index contributed by atoms with van der Waals surface area (Å²) in [6, 6.07) is 0. The lowest BCUT2D eigenvalue weighted by molar-refractivity contribution is -0.0459. The highest BCUT2D eigenvalue weighted by Crippen LogP contribution is 2.27.